The van der Waals surface area contributed by atoms with Crippen molar-refractivity contribution in [1.82, 2.24) is 10.3 Å². The number of aromatic nitrogens is 1. The third-order valence-electron chi connectivity index (χ3n) is 3.35. The summed E-state index contributed by atoms with van der Waals surface area (Å²) in [5.41, 5.74) is 2.69. The van der Waals surface area contributed by atoms with Crippen LogP contribution in [0.25, 0.3) is 0 Å². The number of nitrogens with zero attached hydrogens (tertiary/aromatic N) is 3. The van der Waals surface area contributed by atoms with Gasteiger partial charge in [0.25, 0.3) is 5.91 Å². The van der Waals surface area contributed by atoms with Crippen molar-refractivity contribution in [2.75, 3.05) is 38.0 Å². The van der Waals surface area contributed by atoms with Gasteiger partial charge in [-0.25, -0.2) is 4.98 Å². The lowest BCUT2D eigenvalue weighted by Crippen LogP contribution is -2.23. The third kappa shape index (κ3) is 3.97. The summed E-state index contributed by atoms with van der Waals surface area (Å²) < 4.78 is 0. The number of amides is 1. The van der Waals surface area contributed by atoms with E-state index in [0.29, 0.717) is 12.1 Å². The van der Waals surface area contributed by atoms with E-state index in [1.165, 1.54) is 0 Å². The van der Waals surface area contributed by atoms with Gasteiger partial charge in [-0.3, -0.25) is 4.79 Å². The van der Waals surface area contributed by atoms with E-state index in [0.717, 1.165) is 17.1 Å². The Kier molecular flexibility index (Phi) is 4.99. The third-order valence-corrected chi connectivity index (χ3v) is 3.35. The van der Waals surface area contributed by atoms with Crippen LogP contribution >= 0.6 is 0 Å². The maximum atomic E-state index is 12.3. The van der Waals surface area contributed by atoms with E-state index in [1.807, 2.05) is 74.4 Å². The van der Waals surface area contributed by atoms with Crippen molar-refractivity contribution in [3.63, 3.8) is 0 Å². The summed E-state index contributed by atoms with van der Waals surface area (Å²) in [6.45, 7) is 0.481. The predicted molar refractivity (Wildman–Crippen MR) is 90.5 cm³/mol. The van der Waals surface area contributed by atoms with Crippen LogP contribution in [0.4, 0.5) is 11.5 Å². The molecule has 2 aromatic rings. The molecule has 1 aromatic heterocycles. The van der Waals surface area contributed by atoms with E-state index in [4.69, 9.17) is 0 Å². The lowest BCUT2D eigenvalue weighted by molar-refractivity contribution is 0.0951. The summed E-state index contributed by atoms with van der Waals surface area (Å²) >= 11 is 0. The second-order valence-corrected chi connectivity index (χ2v) is 5.54. The molecule has 116 valence electrons. The fourth-order valence-electron chi connectivity index (χ4n) is 2.02. The topological polar surface area (TPSA) is 48.5 Å². The average molecular weight is 298 g/mol. The molecular formula is C17H22N4O. The van der Waals surface area contributed by atoms with Gasteiger partial charge in [-0.15, -0.1) is 0 Å². The van der Waals surface area contributed by atoms with Gasteiger partial charge in [0.2, 0.25) is 0 Å². The Hall–Kier alpha value is -2.56. The molecule has 2 rings (SSSR count). The highest BCUT2D eigenvalue weighted by atomic mass is 16.1. The number of carbonyl (C=O) groups excluding carboxylic acids is 1. The van der Waals surface area contributed by atoms with E-state index >= 15 is 0 Å². The molecule has 0 saturated carbocycles. The first-order valence-corrected chi connectivity index (χ1v) is 7.15. The molecule has 5 nitrogen and oxygen atoms in total. The molecule has 0 saturated heterocycles. The van der Waals surface area contributed by atoms with Gasteiger partial charge in [0.1, 0.15) is 5.82 Å². The van der Waals surface area contributed by atoms with Gasteiger partial charge < -0.3 is 15.1 Å². The molecule has 1 heterocycles. The quantitative estimate of drug-likeness (QED) is 0.919. The number of rotatable bonds is 5. The Labute approximate surface area is 131 Å². The van der Waals surface area contributed by atoms with Gasteiger partial charge in [0, 0.05) is 52.2 Å². The molecule has 22 heavy (non-hydrogen) atoms. The second-order valence-electron chi connectivity index (χ2n) is 5.54. The summed E-state index contributed by atoms with van der Waals surface area (Å²) in [4.78, 5) is 20.4. The fraction of sp³-hybridized carbons (Fsp3) is 0.294. The van der Waals surface area contributed by atoms with Crippen LogP contribution in [0, 0.1) is 0 Å². The van der Waals surface area contributed by atoms with Crippen LogP contribution in [0.2, 0.25) is 0 Å². The molecule has 5 heteroatoms. The maximum absolute atomic E-state index is 12.3. The minimum absolute atomic E-state index is 0.0769. The van der Waals surface area contributed by atoms with Crippen molar-refractivity contribution in [3.8, 4) is 0 Å². The van der Waals surface area contributed by atoms with E-state index in [-0.39, 0.29) is 5.91 Å². The van der Waals surface area contributed by atoms with Crippen LogP contribution in [0.15, 0.2) is 42.6 Å². The first-order valence-electron chi connectivity index (χ1n) is 7.15. The largest absolute Gasteiger partial charge is 0.378 e. The molecule has 0 radical (unpaired) electrons. The fourth-order valence-corrected chi connectivity index (χ4v) is 2.02. The first-order chi connectivity index (χ1) is 10.5. The zero-order valence-electron chi connectivity index (χ0n) is 13.5. The highest BCUT2D eigenvalue weighted by Gasteiger charge is 2.07. The van der Waals surface area contributed by atoms with Crippen molar-refractivity contribution >= 4 is 17.4 Å². The normalized spacial score (nSPS) is 10.2. The lowest BCUT2D eigenvalue weighted by Gasteiger charge is -2.14. The van der Waals surface area contributed by atoms with Gasteiger partial charge >= 0.3 is 0 Å². The summed E-state index contributed by atoms with van der Waals surface area (Å²) in [7, 11) is 7.79. The molecule has 0 bridgehead atoms. The Morgan fingerprint density at radius 3 is 2.55 bits per heavy atom. The van der Waals surface area contributed by atoms with Gasteiger partial charge in [0.15, 0.2) is 0 Å². The molecule has 0 fully saturated rings. The molecule has 0 atom stereocenters. The summed E-state index contributed by atoms with van der Waals surface area (Å²) in [5, 5.41) is 2.94. The highest BCUT2D eigenvalue weighted by molar-refractivity contribution is 5.95. The Bertz CT molecular complexity index is 653. The van der Waals surface area contributed by atoms with E-state index in [2.05, 4.69) is 10.3 Å². The zero-order chi connectivity index (χ0) is 16.1. The zero-order valence-corrected chi connectivity index (χ0v) is 13.5. The Morgan fingerprint density at radius 1 is 1.09 bits per heavy atom. The molecule has 0 aliphatic carbocycles. The molecule has 1 aromatic carbocycles. The molecule has 0 unspecified atom stereocenters. The number of pyridine rings is 1. The standard InChI is InChI=1S/C17H22N4O/c1-20(2)15-7-5-6-14(11-15)17(22)19-12-13-8-9-18-16(10-13)21(3)4/h5-11H,12H2,1-4H3,(H,19,22). The van der Waals surface area contributed by atoms with Crippen LogP contribution in [0.5, 0.6) is 0 Å². The molecule has 0 aliphatic heterocycles. The monoisotopic (exact) mass is 298 g/mol. The Balaban J connectivity index is 2.04. The minimum Gasteiger partial charge on any atom is -0.378 e. The van der Waals surface area contributed by atoms with E-state index < -0.39 is 0 Å². The SMILES string of the molecule is CN(C)c1cccc(C(=O)NCc2ccnc(N(C)C)c2)c1. The van der Waals surface area contributed by atoms with E-state index in [1.54, 1.807) is 6.20 Å². The van der Waals surface area contributed by atoms with Gasteiger partial charge in [0.05, 0.1) is 0 Å². The van der Waals surface area contributed by atoms with Crippen molar-refractivity contribution in [1.29, 1.82) is 0 Å². The molecular weight excluding hydrogens is 276 g/mol. The van der Waals surface area contributed by atoms with Crippen LogP contribution in [0.3, 0.4) is 0 Å². The molecule has 0 aliphatic rings. The second kappa shape index (κ2) is 6.93. The first kappa shape index (κ1) is 15.8. The molecule has 1 N–H and O–H groups in total. The van der Waals surface area contributed by atoms with Crippen molar-refractivity contribution in [2.24, 2.45) is 0 Å². The van der Waals surface area contributed by atoms with Crippen LogP contribution in [0.1, 0.15) is 15.9 Å². The van der Waals surface area contributed by atoms with Crippen LogP contribution in [-0.2, 0) is 6.54 Å². The molecule has 0 spiro atoms. The number of hydrogen-bond acceptors (Lipinski definition) is 4. The lowest BCUT2D eigenvalue weighted by atomic mass is 10.1. The summed E-state index contributed by atoms with van der Waals surface area (Å²) in [5.74, 6) is 0.799. The smallest absolute Gasteiger partial charge is 0.251 e. The molecule has 1 amide bonds. The number of carbonyl (C=O) groups is 1. The van der Waals surface area contributed by atoms with Crippen molar-refractivity contribution in [3.05, 3.63) is 53.7 Å². The predicted octanol–water partition coefficient (Wildman–Crippen LogP) is 2.14. The van der Waals surface area contributed by atoms with Gasteiger partial charge in [-0.05, 0) is 35.9 Å². The maximum Gasteiger partial charge on any atom is 0.251 e. The highest BCUT2D eigenvalue weighted by Crippen LogP contribution is 2.14. The van der Waals surface area contributed by atoms with Crippen LogP contribution in [-0.4, -0.2) is 39.1 Å². The number of nitrogens with one attached hydrogen (secondary N) is 1. The number of hydrogen-bond donors (Lipinski definition) is 1. The van der Waals surface area contributed by atoms with Crippen LogP contribution < -0.4 is 15.1 Å². The Morgan fingerprint density at radius 2 is 1.86 bits per heavy atom. The van der Waals surface area contributed by atoms with Crippen molar-refractivity contribution < 1.29 is 4.79 Å². The summed E-state index contributed by atoms with van der Waals surface area (Å²) in [6.07, 6.45) is 1.75. The van der Waals surface area contributed by atoms with Gasteiger partial charge in [-0.2, -0.15) is 0 Å². The number of benzene rings is 1. The minimum atomic E-state index is -0.0769. The van der Waals surface area contributed by atoms with Gasteiger partial charge in [-0.1, -0.05) is 6.07 Å². The van der Waals surface area contributed by atoms with Crippen molar-refractivity contribution in [2.45, 2.75) is 6.54 Å². The number of anilines is 2. The summed E-state index contributed by atoms with van der Waals surface area (Å²) in [6, 6.07) is 11.4. The van der Waals surface area contributed by atoms with E-state index in [9.17, 15) is 4.79 Å². The average Bonchev–Trinajstić information content (AvgIpc) is 2.53.